The highest BCUT2D eigenvalue weighted by atomic mass is 16.5. The lowest BCUT2D eigenvalue weighted by atomic mass is 10.1. The predicted molar refractivity (Wildman–Crippen MR) is 111 cm³/mol. The molecule has 1 fully saturated rings. The number of rotatable bonds is 8. The molecule has 150 valence electrons. The largest absolute Gasteiger partial charge is 0.496 e. The first-order chi connectivity index (χ1) is 14.1. The van der Waals surface area contributed by atoms with Crippen LogP contribution in [0.5, 0.6) is 5.75 Å². The standard InChI is InChI=1S/C23H25N3O3/c1-16-6-5-7-17(14-16)10-13-19(27)15-25-23(28)26(18-11-12-18)22(24-25)20-8-3-4-9-21(20)29-2/h3-9,14,18H,10-13,15H2,1-2H3. The fourth-order valence-electron chi connectivity index (χ4n) is 3.60. The first-order valence-corrected chi connectivity index (χ1v) is 9.97. The van der Waals surface area contributed by atoms with E-state index in [2.05, 4.69) is 11.2 Å². The number of aryl methyl sites for hydroxylation is 2. The van der Waals surface area contributed by atoms with E-state index in [0.717, 1.165) is 24.0 Å². The van der Waals surface area contributed by atoms with Crippen molar-refractivity contribution >= 4 is 5.78 Å². The summed E-state index contributed by atoms with van der Waals surface area (Å²) in [4.78, 5) is 25.5. The van der Waals surface area contributed by atoms with Crippen LogP contribution in [-0.4, -0.2) is 27.2 Å². The van der Waals surface area contributed by atoms with Crippen molar-refractivity contribution in [3.05, 3.63) is 70.1 Å². The Balaban J connectivity index is 1.57. The molecule has 1 aliphatic carbocycles. The number of ether oxygens (including phenoxy) is 1. The molecule has 1 aliphatic rings. The van der Waals surface area contributed by atoms with Gasteiger partial charge in [-0.05, 0) is 43.9 Å². The summed E-state index contributed by atoms with van der Waals surface area (Å²) < 4.78 is 8.47. The van der Waals surface area contributed by atoms with E-state index in [1.807, 2.05) is 49.4 Å². The van der Waals surface area contributed by atoms with Crippen molar-refractivity contribution in [2.24, 2.45) is 0 Å². The lowest BCUT2D eigenvalue weighted by molar-refractivity contribution is -0.119. The van der Waals surface area contributed by atoms with E-state index in [0.29, 0.717) is 24.4 Å². The third-order valence-corrected chi connectivity index (χ3v) is 5.23. The number of ketones is 1. The van der Waals surface area contributed by atoms with Gasteiger partial charge in [-0.2, -0.15) is 0 Å². The summed E-state index contributed by atoms with van der Waals surface area (Å²) in [5.74, 6) is 1.24. The summed E-state index contributed by atoms with van der Waals surface area (Å²) in [7, 11) is 1.60. The third-order valence-electron chi connectivity index (χ3n) is 5.23. The summed E-state index contributed by atoms with van der Waals surface area (Å²) in [5.41, 5.74) is 2.85. The lowest BCUT2D eigenvalue weighted by Crippen LogP contribution is -2.27. The highest BCUT2D eigenvalue weighted by Crippen LogP contribution is 2.38. The summed E-state index contributed by atoms with van der Waals surface area (Å²) in [5, 5.41) is 4.53. The average Bonchev–Trinajstić information content (AvgIpc) is 3.51. The van der Waals surface area contributed by atoms with Gasteiger partial charge in [0.25, 0.3) is 0 Å². The number of Topliss-reactive ketones (excluding diaryl/α,β-unsaturated/α-hetero) is 1. The molecule has 1 aromatic heterocycles. The Bertz CT molecular complexity index is 1090. The van der Waals surface area contributed by atoms with Crippen LogP contribution in [0.3, 0.4) is 0 Å². The number of methoxy groups -OCH3 is 1. The molecule has 0 spiro atoms. The molecule has 29 heavy (non-hydrogen) atoms. The Morgan fingerprint density at radius 2 is 1.97 bits per heavy atom. The summed E-state index contributed by atoms with van der Waals surface area (Å²) in [6.45, 7) is 2.03. The molecule has 0 N–H and O–H groups in total. The number of nitrogens with zero attached hydrogens (tertiary/aromatic N) is 3. The molecule has 2 aromatic carbocycles. The van der Waals surface area contributed by atoms with Crippen LogP contribution in [-0.2, 0) is 17.8 Å². The molecule has 0 amide bonds. The van der Waals surface area contributed by atoms with E-state index in [1.54, 1.807) is 11.7 Å². The van der Waals surface area contributed by atoms with Gasteiger partial charge in [0.15, 0.2) is 11.6 Å². The van der Waals surface area contributed by atoms with E-state index in [9.17, 15) is 9.59 Å². The molecule has 3 aromatic rings. The van der Waals surface area contributed by atoms with E-state index in [1.165, 1.54) is 10.2 Å². The SMILES string of the molecule is COc1ccccc1-c1nn(CC(=O)CCc2cccc(C)c2)c(=O)n1C1CC1. The number of carbonyl (C=O) groups is 1. The Labute approximate surface area is 169 Å². The fraction of sp³-hybridized carbons (Fsp3) is 0.348. The van der Waals surface area contributed by atoms with E-state index >= 15 is 0 Å². The van der Waals surface area contributed by atoms with Crippen LogP contribution in [0.25, 0.3) is 11.4 Å². The van der Waals surface area contributed by atoms with Crippen LogP contribution in [0.2, 0.25) is 0 Å². The Kier molecular flexibility index (Phi) is 5.34. The van der Waals surface area contributed by atoms with Crippen molar-refractivity contribution in [2.45, 2.75) is 45.2 Å². The maximum Gasteiger partial charge on any atom is 0.346 e. The summed E-state index contributed by atoms with van der Waals surface area (Å²) >= 11 is 0. The van der Waals surface area contributed by atoms with Gasteiger partial charge in [-0.15, -0.1) is 5.10 Å². The molecule has 0 saturated heterocycles. The minimum atomic E-state index is -0.225. The van der Waals surface area contributed by atoms with Gasteiger partial charge in [-0.25, -0.2) is 9.48 Å². The number of para-hydroxylation sites is 1. The topological polar surface area (TPSA) is 66.1 Å². The van der Waals surface area contributed by atoms with Crippen molar-refractivity contribution in [3.8, 4) is 17.1 Å². The molecule has 0 unspecified atom stereocenters. The molecular weight excluding hydrogens is 366 g/mol. The van der Waals surface area contributed by atoms with E-state index in [4.69, 9.17) is 4.74 Å². The van der Waals surface area contributed by atoms with Crippen LogP contribution in [0.4, 0.5) is 0 Å². The molecule has 6 heteroatoms. The van der Waals surface area contributed by atoms with Crippen LogP contribution < -0.4 is 10.4 Å². The number of benzene rings is 2. The summed E-state index contributed by atoms with van der Waals surface area (Å²) in [6.07, 6.45) is 2.96. The zero-order chi connectivity index (χ0) is 20.4. The van der Waals surface area contributed by atoms with Gasteiger partial charge >= 0.3 is 5.69 Å². The minimum Gasteiger partial charge on any atom is -0.496 e. The molecule has 0 radical (unpaired) electrons. The maximum absolute atomic E-state index is 13.0. The zero-order valence-electron chi connectivity index (χ0n) is 16.8. The smallest absolute Gasteiger partial charge is 0.346 e. The van der Waals surface area contributed by atoms with Crippen molar-refractivity contribution in [2.75, 3.05) is 7.11 Å². The second-order valence-corrected chi connectivity index (χ2v) is 7.59. The maximum atomic E-state index is 13.0. The molecule has 6 nitrogen and oxygen atoms in total. The number of aromatic nitrogens is 3. The average molecular weight is 391 g/mol. The molecule has 0 bridgehead atoms. The van der Waals surface area contributed by atoms with Crippen molar-refractivity contribution in [3.63, 3.8) is 0 Å². The quantitative estimate of drug-likeness (QED) is 0.589. The number of hydrogen-bond acceptors (Lipinski definition) is 4. The Morgan fingerprint density at radius 1 is 1.17 bits per heavy atom. The lowest BCUT2D eigenvalue weighted by Gasteiger charge is -2.08. The van der Waals surface area contributed by atoms with Crippen molar-refractivity contribution in [1.82, 2.24) is 14.3 Å². The monoisotopic (exact) mass is 391 g/mol. The van der Waals surface area contributed by atoms with Gasteiger partial charge < -0.3 is 4.74 Å². The first-order valence-electron chi connectivity index (χ1n) is 9.97. The van der Waals surface area contributed by atoms with E-state index in [-0.39, 0.29) is 24.1 Å². The molecule has 4 rings (SSSR count). The highest BCUT2D eigenvalue weighted by molar-refractivity contribution is 5.78. The molecule has 0 atom stereocenters. The van der Waals surface area contributed by atoms with Crippen molar-refractivity contribution in [1.29, 1.82) is 0 Å². The first kappa shape index (κ1) is 19.2. The van der Waals surface area contributed by atoms with Crippen LogP contribution in [0, 0.1) is 6.92 Å². The second-order valence-electron chi connectivity index (χ2n) is 7.59. The third kappa shape index (κ3) is 4.16. The number of hydrogen-bond donors (Lipinski definition) is 0. The van der Waals surface area contributed by atoms with E-state index < -0.39 is 0 Å². The molecule has 0 aliphatic heterocycles. The normalized spacial score (nSPS) is 13.4. The fourth-order valence-corrected chi connectivity index (χ4v) is 3.60. The molecule has 1 saturated carbocycles. The summed E-state index contributed by atoms with van der Waals surface area (Å²) in [6, 6.07) is 15.8. The van der Waals surface area contributed by atoms with Crippen LogP contribution >= 0.6 is 0 Å². The predicted octanol–water partition coefficient (Wildman–Crippen LogP) is 3.57. The van der Waals surface area contributed by atoms with Gasteiger partial charge in [-0.3, -0.25) is 9.36 Å². The van der Waals surface area contributed by atoms with Gasteiger partial charge in [-0.1, -0.05) is 42.0 Å². The van der Waals surface area contributed by atoms with Crippen molar-refractivity contribution < 1.29 is 9.53 Å². The van der Waals surface area contributed by atoms with Gasteiger partial charge in [0, 0.05) is 12.5 Å². The van der Waals surface area contributed by atoms with Gasteiger partial charge in [0.2, 0.25) is 0 Å². The van der Waals surface area contributed by atoms with Gasteiger partial charge in [0.05, 0.1) is 12.7 Å². The Morgan fingerprint density at radius 3 is 2.69 bits per heavy atom. The van der Waals surface area contributed by atoms with Crippen LogP contribution in [0.15, 0.2) is 53.3 Å². The second kappa shape index (κ2) is 8.07. The van der Waals surface area contributed by atoms with Gasteiger partial charge in [0.1, 0.15) is 12.3 Å². The zero-order valence-corrected chi connectivity index (χ0v) is 16.8. The molecular formula is C23H25N3O3. The Hall–Kier alpha value is -3.15. The minimum absolute atomic E-state index is 0.000583. The molecule has 1 heterocycles. The number of carbonyl (C=O) groups excluding carboxylic acids is 1. The van der Waals surface area contributed by atoms with Crippen LogP contribution in [0.1, 0.15) is 36.4 Å². The highest BCUT2D eigenvalue weighted by Gasteiger charge is 2.31.